The van der Waals surface area contributed by atoms with E-state index >= 15 is 0 Å². The molecule has 0 saturated heterocycles. The molecule has 0 saturated carbocycles. The van der Waals surface area contributed by atoms with Crippen LogP contribution in [0.1, 0.15) is 0 Å². The van der Waals surface area contributed by atoms with Gasteiger partial charge in [0.25, 0.3) is 0 Å². The average Bonchev–Trinajstić information content (AvgIpc) is 2.06. The van der Waals surface area contributed by atoms with Gasteiger partial charge in [0, 0.05) is 14.2 Å². The van der Waals surface area contributed by atoms with Crippen LogP contribution in [0.25, 0.3) is 0 Å². The van der Waals surface area contributed by atoms with Gasteiger partial charge in [0.05, 0.1) is 12.6 Å². The molecule has 6 nitrogen and oxygen atoms in total. The molecular formula is C6H12N2O4S. The first-order chi connectivity index (χ1) is 6.05. The molecule has 13 heavy (non-hydrogen) atoms. The van der Waals surface area contributed by atoms with E-state index in [0.29, 0.717) is 0 Å². The Morgan fingerprint density at radius 2 is 2.00 bits per heavy atom. The van der Waals surface area contributed by atoms with Gasteiger partial charge in [0.2, 0.25) is 10.0 Å². The molecule has 0 heterocycles. The number of nitrogens with zero attached hydrogens (tertiary/aromatic N) is 1. The third-order valence-electron chi connectivity index (χ3n) is 1.25. The second-order valence-electron chi connectivity index (χ2n) is 2.17. The number of rotatable bonds is 6. The highest BCUT2D eigenvalue weighted by molar-refractivity contribution is 7.89. The van der Waals surface area contributed by atoms with Crippen LogP contribution in [0.3, 0.4) is 0 Å². The van der Waals surface area contributed by atoms with Crippen molar-refractivity contribution in [2.45, 2.75) is 6.29 Å². The molecule has 0 aromatic rings. The minimum atomic E-state index is -3.52. The number of sulfonamides is 1. The SMILES string of the molecule is COC(CNS(=O)(=O)CC#N)OC. The lowest BCUT2D eigenvalue weighted by Gasteiger charge is -2.12. The smallest absolute Gasteiger partial charge is 0.225 e. The van der Waals surface area contributed by atoms with Crippen molar-refractivity contribution < 1.29 is 17.9 Å². The zero-order valence-corrected chi connectivity index (χ0v) is 8.30. The van der Waals surface area contributed by atoms with Crippen LogP contribution in [-0.2, 0) is 19.5 Å². The van der Waals surface area contributed by atoms with Gasteiger partial charge in [-0.25, -0.2) is 13.1 Å². The van der Waals surface area contributed by atoms with Crippen molar-refractivity contribution in [1.82, 2.24) is 4.72 Å². The summed E-state index contributed by atoms with van der Waals surface area (Å²) in [5, 5.41) is 8.15. The van der Waals surface area contributed by atoms with E-state index in [4.69, 9.17) is 14.7 Å². The van der Waals surface area contributed by atoms with Crippen molar-refractivity contribution in [3.8, 4) is 6.07 Å². The lowest BCUT2D eigenvalue weighted by Crippen LogP contribution is -2.35. The molecule has 0 atom stereocenters. The minimum Gasteiger partial charge on any atom is -0.355 e. The molecule has 0 aliphatic carbocycles. The zero-order valence-electron chi connectivity index (χ0n) is 7.48. The Balaban J connectivity index is 3.95. The topological polar surface area (TPSA) is 88.4 Å². The van der Waals surface area contributed by atoms with Crippen molar-refractivity contribution in [1.29, 1.82) is 5.26 Å². The van der Waals surface area contributed by atoms with E-state index in [9.17, 15) is 8.42 Å². The van der Waals surface area contributed by atoms with Gasteiger partial charge in [-0.05, 0) is 0 Å². The van der Waals surface area contributed by atoms with Gasteiger partial charge >= 0.3 is 0 Å². The third-order valence-corrected chi connectivity index (χ3v) is 2.37. The van der Waals surface area contributed by atoms with E-state index < -0.39 is 22.1 Å². The molecule has 0 aromatic heterocycles. The summed E-state index contributed by atoms with van der Waals surface area (Å²) in [6.07, 6.45) is -0.631. The van der Waals surface area contributed by atoms with E-state index in [-0.39, 0.29) is 6.54 Å². The summed E-state index contributed by atoms with van der Waals surface area (Å²) >= 11 is 0. The van der Waals surface area contributed by atoms with Crippen LogP contribution < -0.4 is 4.72 Å². The normalized spacial score (nSPS) is 11.5. The van der Waals surface area contributed by atoms with Crippen LogP contribution in [0.5, 0.6) is 0 Å². The monoisotopic (exact) mass is 208 g/mol. The molecule has 0 aromatic carbocycles. The number of hydrogen-bond acceptors (Lipinski definition) is 5. The van der Waals surface area contributed by atoms with Crippen molar-refractivity contribution >= 4 is 10.0 Å². The maximum atomic E-state index is 10.9. The second-order valence-corrected chi connectivity index (χ2v) is 3.97. The number of hydrogen-bond donors (Lipinski definition) is 1. The fraction of sp³-hybridized carbons (Fsp3) is 0.833. The summed E-state index contributed by atoms with van der Waals surface area (Å²) in [6, 6.07) is 1.54. The fourth-order valence-corrected chi connectivity index (χ4v) is 1.26. The molecular weight excluding hydrogens is 196 g/mol. The van der Waals surface area contributed by atoms with Gasteiger partial charge in [0.15, 0.2) is 12.0 Å². The average molecular weight is 208 g/mol. The van der Waals surface area contributed by atoms with Crippen LogP contribution in [0, 0.1) is 11.3 Å². The summed E-state index contributed by atoms with van der Waals surface area (Å²) in [5.74, 6) is -0.562. The molecule has 0 unspecified atom stereocenters. The molecule has 0 rings (SSSR count). The van der Waals surface area contributed by atoms with Crippen LogP contribution in [0.4, 0.5) is 0 Å². The summed E-state index contributed by atoms with van der Waals surface area (Å²) < 4.78 is 33.5. The predicted molar refractivity (Wildman–Crippen MR) is 45.2 cm³/mol. The summed E-state index contributed by atoms with van der Waals surface area (Å²) in [4.78, 5) is 0. The van der Waals surface area contributed by atoms with E-state index in [0.717, 1.165) is 0 Å². The Bertz CT molecular complexity index is 265. The van der Waals surface area contributed by atoms with E-state index in [2.05, 4.69) is 4.72 Å². The second kappa shape index (κ2) is 5.88. The molecule has 0 aliphatic rings. The number of methoxy groups -OCH3 is 2. The van der Waals surface area contributed by atoms with Gasteiger partial charge < -0.3 is 9.47 Å². The molecule has 76 valence electrons. The van der Waals surface area contributed by atoms with E-state index in [1.807, 2.05) is 0 Å². The van der Waals surface area contributed by atoms with Crippen LogP contribution >= 0.6 is 0 Å². The number of nitriles is 1. The van der Waals surface area contributed by atoms with Crippen molar-refractivity contribution in [2.75, 3.05) is 26.5 Å². The van der Waals surface area contributed by atoms with Crippen molar-refractivity contribution in [3.63, 3.8) is 0 Å². The van der Waals surface area contributed by atoms with Crippen LogP contribution in [-0.4, -0.2) is 41.2 Å². The van der Waals surface area contributed by atoms with Crippen molar-refractivity contribution in [3.05, 3.63) is 0 Å². The first-order valence-electron chi connectivity index (χ1n) is 3.45. The van der Waals surface area contributed by atoms with Crippen LogP contribution in [0.2, 0.25) is 0 Å². The highest BCUT2D eigenvalue weighted by atomic mass is 32.2. The Morgan fingerprint density at radius 3 is 2.38 bits per heavy atom. The lowest BCUT2D eigenvalue weighted by atomic mass is 10.6. The molecule has 0 radical (unpaired) electrons. The molecule has 0 amide bonds. The molecule has 1 N–H and O–H groups in total. The van der Waals surface area contributed by atoms with Crippen molar-refractivity contribution in [2.24, 2.45) is 0 Å². The molecule has 0 aliphatic heterocycles. The van der Waals surface area contributed by atoms with Gasteiger partial charge in [0.1, 0.15) is 0 Å². The molecule has 7 heteroatoms. The lowest BCUT2D eigenvalue weighted by molar-refractivity contribution is -0.0960. The maximum absolute atomic E-state index is 10.9. The number of nitrogens with one attached hydrogen (secondary N) is 1. The largest absolute Gasteiger partial charge is 0.355 e. The Hall–Kier alpha value is -0.680. The summed E-state index contributed by atoms with van der Waals surface area (Å²) in [5.41, 5.74) is 0. The van der Waals surface area contributed by atoms with Crippen LogP contribution in [0.15, 0.2) is 0 Å². The zero-order chi connectivity index (χ0) is 10.3. The fourth-order valence-electron chi connectivity index (χ4n) is 0.594. The van der Waals surface area contributed by atoms with E-state index in [1.165, 1.54) is 20.3 Å². The Labute approximate surface area is 77.5 Å². The first-order valence-corrected chi connectivity index (χ1v) is 5.11. The quantitative estimate of drug-likeness (QED) is 0.568. The number of ether oxygens (including phenoxy) is 2. The molecule has 0 bridgehead atoms. The summed E-state index contributed by atoms with van der Waals surface area (Å²) in [6.45, 7) is -0.00296. The van der Waals surface area contributed by atoms with Gasteiger partial charge in [-0.2, -0.15) is 5.26 Å². The first kappa shape index (κ1) is 12.3. The Kier molecular flexibility index (Phi) is 5.57. The summed E-state index contributed by atoms with van der Waals surface area (Å²) in [7, 11) is -0.727. The standard InChI is InChI=1S/C6H12N2O4S/c1-11-6(12-2)5-8-13(9,10)4-3-7/h6,8H,4-5H2,1-2H3. The third kappa shape index (κ3) is 5.54. The molecule has 0 fully saturated rings. The predicted octanol–water partition coefficient (Wildman–Crippen LogP) is -0.952. The van der Waals surface area contributed by atoms with Gasteiger partial charge in [-0.1, -0.05) is 0 Å². The maximum Gasteiger partial charge on any atom is 0.225 e. The van der Waals surface area contributed by atoms with E-state index in [1.54, 1.807) is 0 Å². The minimum absolute atomic E-state index is 0.00296. The van der Waals surface area contributed by atoms with Gasteiger partial charge in [-0.3, -0.25) is 0 Å². The van der Waals surface area contributed by atoms with Gasteiger partial charge in [-0.15, -0.1) is 0 Å². The highest BCUT2D eigenvalue weighted by Gasteiger charge is 2.12. The Morgan fingerprint density at radius 1 is 1.46 bits per heavy atom. The highest BCUT2D eigenvalue weighted by Crippen LogP contribution is 1.90. The molecule has 0 spiro atoms.